The van der Waals surface area contributed by atoms with Gasteiger partial charge < -0.3 is 20.1 Å². The molecule has 1 fully saturated rings. The highest BCUT2D eigenvalue weighted by Gasteiger charge is 2.29. The van der Waals surface area contributed by atoms with Crippen molar-refractivity contribution in [3.63, 3.8) is 0 Å². The van der Waals surface area contributed by atoms with Crippen molar-refractivity contribution in [3.8, 4) is 0 Å². The number of carboxylic acids is 1. The molecule has 0 aliphatic carbocycles. The van der Waals surface area contributed by atoms with Crippen molar-refractivity contribution < 1.29 is 24.2 Å². The SMILES string of the molecule is CC(=O)NCc1ccc(C(=O)N2CCOC(C(=O)O)C2)cc1. The quantitative estimate of drug-likeness (QED) is 0.831. The normalized spacial score (nSPS) is 17.9. The van der Waals surface area contributed by atoms with Crippen molar-refractivity contribution in [1.82, 2.24) is 10.2 Å². The summed E-state index contributed by atoms with van der Waals surface area (Å²) in [5, 5.41) is 11.6. The van der Waals surface area contributed by atoms with Crippen LogP contribution in [0.2, 0.25) is 0 Å². The summed E-state index contributed by atoms with van der Waals surface area (Å²) in [4.78, 5) is 35.6. The first-order valence-electron chi connectivity index (χ1n) is 6.94. The first-order valence-corrected chi connectivity index (χ1v) is 6.94. The molecule has 2 rings (SSSR count). The van der Waals surface area contributed by atoms with Crippen LogP contribution < -0.4 is 5.32 Å². The third-order valence-corrected chi connectivity index (χ3v) is 3.37. The summed E-state index contributed by atoms with van der Waals surface area (Å²) in [6.07, 6.45) is -0.975. The topological polar surface area (TPSA) is 95.9 Å². The number of ether oxygens (including phenoxy) is 1. The summed E-state index contributed by atoms with van der Waals surface area (Å²) in [5.41, 5.74) is 1.37. The lowest BCUT2D eigenvalue weighted by Gasteiger charge is -2.30. The van der Waals surface area contributed by atoms with E-state index in [2.05, 4.69) is 5.32 Å². The molecule has 22 heavy (non-hydrogen) atoms. The van der Waals surface area contributed by atoms with E-state index in [1.807, 2.05) is 0 Å². The van der Waals surface area contributed by atoms with E-state index >= 15 is 0 Å². The number of carbonyl (C=O) groups is 3. The van der Waals surface area contributed by atoms with Crippen LogP contribution in [-0.2, 0) is 20.9 Å². The Balaban J connectivity index is 2.00. The standard InChI is InChI=1S/C15H18N2O5/c1-10(18)16-8-11-2-4-12(5-3-11)14(19)17-6-7-22-13(9-17)15(20)21/h2-5,13H,6-9H2,1H3,(H,16,18)(H,20,21). The van der Waals surface area contributed by atoms with E-state index in [1.54, 1.807) is 24.3 Å². The number of morpholine rings is 1. The third-order valence-electron chi connectivity index (χ3n) is 3.37. The Morgan fingerprint density at radius 1 is 1.32 bits per heavy atom. The Kier molecular flexibility index (Phi) is 5.11. The molecule has 0 spiro atoms. The third kappa shape index (κ3) is 4.05. The molecule has 1 saturated heterocycles. The summed E-state index contributed by atoms with van der Waals surface area (Å²) in [7, 11) is 0. The van der Waals surface area contributed by atoms with Crippen molar-refractivity contribution in [1.29, 1.82) is 0 Å². The molecule has 1 atom stereocenters. The maximum Gasteiger partial charge on any atom is 0.334 e. The Morgan fingerprint density at radius 3 is 2.59 bits per heavy atom. The maximum absolute atomic E-state index is 12.4. The fourth-order valence-corrected chi connectivity index (χ4v) is 2.16. The van der Waals surface area contributed by atoms with Gasteiger partial charge in [-0.1, -0.05) is 12.1 Å². The van der Waals surface area contributed by atoms with E-state index in [1.165, 1.54) is 11.8 Å². The summed E-state index contributed by atoms with van der Waals surface area (Å²) in [5.74, 6) is -1.41. The van der Waals surface area contributed by atoms with Crippen LogP contribution in [0.4, 0.5) is 0 Å². The molecule has 1 unspecified atom stereocenters. The average Bonchev–Trinajstić information content (AvgIpc) is 2.53. The number of aliphatic carboxylic acids is 1. The Bertz CT molecular complexity index is 570. The van der Waals surface area contributed by atoms with Crippen LogP contribution in [0, 0.1) is 0 Å². The van der Waals surface area contributed by atoms with Crippen LogP contribution in [-0.4, -0.2) is 53.6 Å². The number of nitrogens with zero attached hydrogens (tertiary/aromatic N) is 1. The molecule has 0 saturated carbocycles. The number of hydrogen-bond donors (Lipinski definition) is 2. The number of nitrogens with one attached hydrogen (secondary N) is 1. The van der Waals surface area contributed by atoms with E-state index in [0.29, 0.717) is 18.7 Å². The van der Waals surface area contributed by atoms with Gasteiger partial charge in [0.2, 0.25) is 5.91 Å². The zero-order valence-corrected chi connectivity index (χ0v) is 12.2. The lowest BCUT2D eigenvalue weighted by molar-refractivity contribution is -0.154. The molecule has 1 heterocycles. The maximum atomic E-state index is 12.4. The smallest absolute Gasteiger partial charge is 0.334 e. The Labute approximate surface area is 127 Å². The Morgan fingerprint density at radius 2 is 2.00 bits per heavy atom. The second-order valence-electron chi connectivity index (χ2n) is 5.06. The largest absolute Gasteiger partial charge is 0.479 e. The van der Waals surface area contributed by atoms with Crippen molar-refractivity contribution in [3.05, 3.63) is 35.4 Å². The number of carboxylic acid groups (broad SMARTS) is 1. The van der Waals surface area contributed by atoms with Gasteiger partial charge in [0.1, 0.15) is 0 Å². The lowest BCUT2D eigenvalue weighted by atomic mass is 10.1. The minimum absolute atomic E-state index is 0.0435. The van der Waals surface area contributed by atoms with Gasteiger partial charge in [-0.15, -0.1) is 0 Å². The molecule has 1 aromatic rings. The number of amides is 2. The fraction of sp³-hybridized carbons (Fsp3) is 0.400. The second kappa shape index (κ2) is 7.04. The summed E-state index contributed by atoms with van der Waals surface area (Å²) in [6, 6.07) is 6.87. The number of carbonyl (C=O) groups excluding carboxylic acids is 2. The Hall–Kier alpha value is -2.41. The van der Waals surface area contributed by atoms with Crippen LogP contribution in [0.15, 0.2) is 24.3 Å². The molecular weight excluding hydrogens is 288 g/mol. The fourth-order valence-electron chi connectivity index (χ4n) is 2.16. The van der Waals surface area contributed by atoms with Crippen molar-refractivity contribution >= 4 is 17.8 Å². The van der Waals surface area contributed by atoms with Crippen LogP contribution in [0.25, 0.3) is 0 Å². The van der Waals surface area contributed by atoms with Crippen LogP contribution in [0.3, 0.4) is 0 Å². The van der Waals surface area contributed by atoms with Gasteiger partial charge >= 0.3 is 5.97 Å². The van der Waals surface area contributed by atoms with Gasteiger partial charge in [0.15, 0.2) is 6.10 Å². The molecular formula is C15H18N2O5. The van der Waals surface area contributed by atoms with Gasteiger partial charge in [0.25, 0.3) is 5.91 Å². The molecule has 118 valence electrons. The van der Waals surface area contributed by atoms with E-state index in [0.717, 1.165) is 5.56 Å². The zero-order valence-electron chi connectivity index (χ0n) is 12.2. The summed E-state index contributed by atoms with van der Waals surface area (Å²) < 4.78 is 5.10. The number of rotatable bonds is 4. The van der Waals surface area contributed by atoms with Crippen LogP contribution in [0.1, 0.15) is 22.8 Å². The molecule has 7 heteroatoms. The minimum atomic E-state index is -1.07. The molecule has 1 aliphatic rings. The van der Waals surface area contributed by atoms with Crippen LogP contribution in [0.5, 0.6) is 0 Å². The lowest BCUT2D eigenvalue weighted by Crippen LogP contribution is -2.48. The van der Waals surface area contributed by atoms with Gasteiger partial charge in [-0.25, -0.2) is 4.79 Å². The molecule has 2 amide bonds. The van der Waals surface area contributed by atoms with E-state index < -0.39 is 12.1 Å². The number of hydrogen-bond acceptors (Lipinski definition) is 4. The minimum Gasteiger partial charge on any atom is -0.479 e. The predicted molar refractivity (Wildman–Crippen MR) is 77.2 cm³/mol. The highest BCUT2D eigenvalue weighted by atomic mass is 16.5. The van der Waals surface area contributed by atoms with Crippen molar-refractivity contribution in [2.75, 3.05) is 19.7 Å². The molecule has 0 radical (unpaired) electrons. The van der Waals surface area contributed by atoms with Crippen LogP contribution >= 0.6 is 0 Å². The predicted octanol–water partition coefficient (Wildman–Crippen LogP) is 0.248. The van der Waals surface area contributed by atoms with E-state index in [9.17, 15) is 14.4 Å². The number of benzene rings is 1. The first kappa shape index (κ1) is 16.0. The van der Waals surface area contributed by atoms with Gasteiger partial charge in [-0.2, -0.15) is 0 Å². The summed E-state index contributed by atoms with van der Waals surface area (Å²) in [6.45, 7) is 2.47. The van der Waals surface area contributed by atoms with Gasteiger partial charge in [-0.05, 0) is 17.7 Å². The zero-order chi connectivity index (χ0) is 16.1. The summed E-state index contributed by atoms with van der Waals surface area (Å²) >= 11 is 0. The van der Waals surface area contributed by atoms with Gasteiger partial charge in [0, 0.05) is 25.6 Å². The molecule has 1 aliphatic heterocycles. The molecule has 1 aromatic carbocycles. The van der Waals surface area contributed by atoms with E-state index in [-0.39, 0.29) is 25.0 Å². The van der Waals surface area contributed by atoms with Crippen molar-refractivity contribution in [2.45, 2.75) is 19.6 Å². The monoisotopic (exact) mass is 306 g/mol. The highest BCUT2D eigenvalue weighted by molar-refractivity contribution is 5.94. The van der Waals surface area contributed by atoms with Gasteiger partial charge in [0.05, 0.1) is 13.2 Å². The highest BCUT2D eigenvalue weighted by Crippen LogP contribution is 2.12. The first-order chi connectivity index (χ1) is 10.5. The van der Waals surface area contributed by atoms with E-state index in [4.69, 9.17) is 9.84 Å². The molecule has 7 nitrogen and oxygen atoms in total. The van der Waals surface area contributed by atoms with Gasteiger partial charge in [-0.3, -0.25) is 9.59 Å². The molecule has 0 aromatic heterocycles. The molecule has 0 bridgehead atoms. The molecule has 2 N–H and O–H groups in total. The second-order valence-corrected chi connectivity index (χ2v) is 5.06. The average molecular weight is 306 g/mol. The van der Waals surface area contributed by atoms with Crippen molar-refractivity contribution in [2.24, 2.45) is 0 Å².